The van der Waals surface area contributed by atoms with Gasteiger partial charge in [-0.15, -0.1) is 24.0 Å². The fourth-order valence-electron chi connectivity index (χ4n) is 1.76. The first-order chi connectivity index (χ1) is 7.90. The average Bonchev–Trinajstić information content (AvgIpc) is 2.78. The van der Waals surface area contributed by atoms with Crippen LogP contribution in [0.3, 0.4) is 0 Å². The molecular weight excluding hydrogens is 255 g/mol. The molecule has 2 aromatic rings. The van der Waals surface area contributed by atoms with E-state index in [1.54, 1.807) is 0 Å². The van der Waals surface area contributed by atoms with Gasteiger partial charge < -0.3 is 4.57 Å². The van der Waals surface area contributed by atoms with Crippen LogP contribution in [0.5, 0.6) is 0 Å². The second-order valence-corrected chi connectivity index (χ2v) is 4.07. The van der Waals surface area contributed by atoms with E-state index in [1.807, 2.05) is 18.6 Å². The van der Waals surface area contributed by atoms with Crippen LogP contribution in [-0.2, 0) is 18.8 Å². The molecule has 0 atom stereocenters. The standard InChI is InChI=1S/C13H15ClN2.ClH/c14-9-13-10-15-11-16(13)8-4-7-12-5-2-1-3-6-12;/h1-3,5-6,10-11H,4,7-9H2;1H. The molecule has 0 fully saturated rings. The van der Waals surface area contributed by atoms with E-state index in [0.29, 0.717) is 5.88 Å². The number of aromatic nitrogens is 2. The zero-order valence-electron chi connectivity index (χ0n) is 9.55. The van der Waals surface area contributed by atoms with Crippen LogP contribution in [0, 0.1) is 0 Å². The van der Waals surface area contributed by atoms with Crippen molar-refractivity contribution >= 4 is 24.0 Å². The zero-order valence-corrected chi connectivity index (χ0v) is 11.1. The number of hydrogen-bond acceptors (Lipinski definition) is 1. The van der Waals surface area contributed by atoms with Gasteiger partial charge in [0.05, 0.1) is 17.9 Å². The van der Waals surface area contributed by atoms with Crippen LogP contribution in [0.4, 0.5) is 0 Å². The van der Waals surface area contributed by atoms with Gasteiger partial charge in [-0.3, -0.25) is 0 Å². The Morgan fingerprint density at radius 3 is 2.65 bits per heavy atom. The van der Waals surface area contributed by atoms with Gasteiger partial charge in [-0.25, -0.2) is 4.98 Å². The summed E-state index contributed by atoms with van der Waals surface area (Å²) in [7, 11) is 0. The normalized spacial score (nSPS) is 9.94. The quantitative estimate of drug-likeness (QED) is 0.758. The lowest BCUT2D eigenvalue weighted by atomic mass is 10.1. The fraction of sp³-hybridized carbons (Fsp3) is 0.308. The second-order valence-electron chi connectivity index (χ2n) is 3.80. The Morgan fingerprint density at radius 1 is 1.18 bits per heavy atom. The lowest BCUT2D eigenvalue weighted by Gasteiger charge is -2.05. The summed E-state index contributed by atoms with van der Waals surface area (Å²) in [6, 6.07) is 10.5. The molecule has 17 heavy (non-hydrogen) atoms. The number of nitrogens with zero attached hydrogens (tertiary/aromatic N) is 2. The number of hydrogen-bond donors (Lipinski definition) is 0. The maximum atomic E-state index is 5.81. The average molecular weight is 271 g/mol. The van der Waals surface area contributed by atoms with Crippen molar-refractivity contribution in [1.29, 1.82) is 0 Å². The Morgan fingerprint density at radius 2 is 1.94 bits per heavy atom. The van der Waals surface area contributed by atoms with Gasteiger partial charge in [-0.05, 0) is 18.4 Å². The van der Waals surface area contributed by atoms with E-state index in [4.69, 9.17) is 11.6 Å². The molecule has 0 aliphatic carbocycles. The predicted octanol–water partition coefficient (Wildman–Crippen LogP) is 3.68. The number of alkyl halides is 1. The van der Waals surface area contributed by atoms with Crippen molar-refractivity contribution in [2.24, 2.45) is 0 Å². The van der Waals surface area contributed by atoms with Crippen LogP contribution >= 0.6 is 24.0 Å². The number of benzene rings is 1. The van der Waals surface area contributed by atoms with E-state index >= 15 is 0 Å². The molecule has 0 amide bonds. The van der Waals surface area contributed by atoms with Crippen LogP contribution in [0.1, 0.15) is 17.7 Å². The number of imidazole rings is 1. The Labute approximate surface area is 113 Å². The Bertz CT molecular complexity index is 426. The molecule has 0 N–H and O–H groups in total. The Kier molecular flexibility index (Phi) is 6.09. The van der Waals surface area contributed by atoms with Gasteiger partial charge >= 0.3 is 0 Å². The van der Waals surface area contributed by atoms with Crippen molar-refractivity contribution < 1.29 is 0 Å². The molecule has 0 radical (unpaired) electrons. The molecule has 0 unspecified atom stereocenters. The SMILES string of the molecule is Cl.ClCc1cncn1CCCc1ccccc1. The third-order valence-corrected chi connectivity index (χ3v) is 2.92. The number of halogens is 2. The van der Waals surface area contributed by atoms with Crippen LogP contribution in [-0.4, -0.2) is 9.55 Å². The Hall–Kier alpha value is -0.990. The minimum absolute atomic E-state index is 0. The molecule has 1 aromatic heterocycles. The van der Waals surface area contributed by atoms with Crippen molar-refractivity contribution in [1.82, 2.24) is 9.55 Å². The molecule has 2 rings (SSSR count). The maximum absolute atomic E-state index is 5.81. The molecule has 1 heterocycles. The van der Waals surface area contributed by atoms with Crippen LogP contribution in [0.2, 0.25) is 0 Å². The van der Waals surface area contributed by atoms with E-state index in [-0.39, 0.29) is 12.4 Å². The first kappa shape index (κ1) is 14.1. The van der Waals surface area contributed by atoms with E-state index in [9.17, 15) is 0 Å². The van der Waals surface area contributed by atoms with Crippen molar-refractivity contribution in [3.8, 4) is 0 Å². The first-order valence-corrected chi connectivity index (χ1v) is 6.02. The highest BCUT2D eigenvalue weighted by atomic mass is 35.5. The third-order valence-electron chi connectivity index (χ3n) is 2.64. The summed E-state index contributed by atoms with van der Waals surface area (Å²) in [5, 5.41) is 0. The summed E-state index contributed by atoms with van der Waals surface area (Å²) in [6.45, 7) is 0.983. The highest BCUT2D eigenvalue weighted by Gasteiger charge is 2.00. The molecule has 0 aliphatic heterocycles. The van der Waals surface area contributed by atoms with E-state index in [2.05, 4.69) is 33.8 Å². The van der Waals surface area contributed by atoms with Gasteiger partial charge in [-0.2, -0.15) is 0 Å². The monoisotopic (exact) mass is 270 g/mol. The topological polar surface area (TPSA) is 17.8 Å². The van der Waals surface area contributed by atoms with Crippen LogP contribution in [0.25, 0.3) is 0 Å². The molecule has 0 saturated heterocycles. The molecule has 0 aliphatic rings. The Balaban J connectivity index is 0.00000144. The molecule has 2 nitrogen and oxygen atoms in total. The summed E-state index contributed by atoms with van der Waals surface area (Å²) >= 11 is 5.81. The van der Waals surface area contributed by atoms with Gasteiger partial charge in [-0.1, -0.05) is 30.3 Å². The molecular formula is C13H16Cl2N2. The van der Waals surface area contributed by atoms with Crippen molar-refractivity contribution in [3.05, 3.63) is 54.1 Å². The predicted molar refractivity (Wildman–Crippen MR) is 73.8 cm³/mol. The number of aryl methyl sites for hydroxylation is 2. The summed E-state index contributed by atoms with van der Waals surface area (Å²) in [5.41, 5.74) is 2.48. The van der Waals surface area contributed by atoms with Gasteiger partial charge in [0.15, 0.2) is 0 Å². The van der Waals surface area contributed by atoms with Crippen LogP contribution in [0.15, 0.2) is 42.9 Å². The smallest absolute Gasteiger partial charge is 0.0948 e. The molecule has 0 saturated carbocycles. The molecule has 4 heteroatoms. The summed E-state index contributed by atoms with van der Waals surface area (Å²) in [6.07, 6.45) is 5.89. The maximum Gasteiger partial charge on any atom is 0.0948 e. The third kappa shape index (κ3) is 4.06. The van der Waals surface area contributed by atoms with Crippen molar-refractivity contribution in [2.45, 2.75) is 25.3 Å². The highest BCUT2D eigenvalue weighted by molar-refractivity contribution is 6.16. The van der Waals surface area contributed by atoms with Crippen LogP contribution < -0.4 is 0 Å². The van der Waals surface area contributed by atoms with E-state index in [0.717, 1.165) is 25.1 Å². The zero-order chi connectivity index (χ0) is 11.2. The first-order valence-electron chi connectivity index (χ1n) is 5.49. The summed E-state index contributed by atoms with van der Waals surface area (Å²) in [5.74, 6) is 0.533. The minimum Gasteiger partial charge on any atom is -0.333 e. The largest absolute Gasteiger partial charge is 0.333 e. The van der Waals surface area contributed by atoms with Gasteiger partial charge in [0.1, 0.15) is 0 Å². The van der Waals surface area contributed by atoms with Gasteiger partial charge in [0.25, 0.3) is 0 Å². The lowest BCUT2D eigenvalue weighted by Crippen LogP contribution is -2.01. The second kappa shape index (κ2) is 7.36. The summed E-state index contributed by atoms with van der Waals surface area (Å²) < 4.78 is 2.12. The molecule has 1 aromatic carbocycles. The van der Waals surface area contributed by atoms with Crippen molar-refractivity contribution in [3.63, 3.8) is 0 Å². The lowest BCUT2D eigenvalue weighted by molar-refractivity contribution is 0.626. The summed E-state index contributed by atoms with van der Waals surface area (Å²) in [4.78, 5) is 4.10. The minimum atomic E-state index is 0. The van der Waals surface area contributed by atoms with E-state index in [1.165, 1.54) is 5.56 Å². The fourth-order valence-corrected chi connectivity index (χ4v) is 1.98. The molecule has 0 bridgehead atoms. The highest BCUT2D eigenvalue weighted by Crippen LogP contribution is 2.07. The number of rotatable bonds is 5. The van der Waals surface area contributed by atoms with Gasteiger partial charge in [0.2, 0.25) is 0 Å². The van der Waals surface area contributed by atoms with E-state index < -0.39 is 0 Å². The van der Waals surface area contributed by atoms with Gasteiger partial charge in [0, 0.05) is 12.7 Å². The van der Waals surface area contributed by atoms with Crippen molar-refractivity contribution in [2.75, 3.05) is 0 Å². The molecule has 0 spiro atoms. The molecule has 92 valence electrons.